The van der Waals surface area contributed by atoms with Gasteiger partial charge >= 0.3 is 10.2 Å². The summed E-state index contributed by atoms with van der Waals surface area (Å²) in [7, 11) is -8.03. The van der Waals surface area contributed by atoms with Crippen molar-refractivity contribution in [2.24, 2.45) is 0 Å². The average molecular weight is 292 g/mol. The Morgan fingerprint density at radius 3 is 1.94 bits per heavy atom. The van der Waals surface area contributed by atoms with Crippen LogP contribution in [0.25, 0.3) is 6.08 Å². The molecular weight excluding hydrogens is 279 g/mol. The highest BCUT2D eigenvalue weighted by molar-refractivity contribution is 7.92. The second-order valence-corrected chi connectivity index (χ2v) is 7.67. The quantitative estimate of drug-likeness (QED) is 0.797. The molecule has 0 radical (unpaired) electrons. The van der Waals surface area contributed by atoms with Crippen molar-refractivity contribution >= 4 is 26.1 Å². The van der Waals surface area contributed by atoms with Crippen molar-refractivity contribution in [2.75, 3.05) is 0 Å². The van der Waals surface area contributed by atoms with Crippen molar-refractivity contribution < 1.29 is 20.7 Å². The monoisotopic (exact) mass is 292 g/mol. The maximum Gasteiger partial charge on any atom is 0.325 e. The van der Waals surface area contributed by atoms with E-state index in [0.717, 1.165) is 6.08 Å². The van der Waals surface area contributed by atoms with Gasteiger partial charge < -0.3 is 0 Å². The van der Waals surface area contributed by atoms with E-state index in [1.165, 1.54) is 24.3 Å². The second-order valence-electron chi connectivity index (χ2n) is 3.94. The number of hydrogen-bond donors (Lipinski definition) is 0. The number of benzene rings is 1. The van der Waals surface area contributed by atoms with E-state index in [2.05, 4.69) is 0 Å². The normalized spacial score (nSPS) is 13.3. The first-order valence-corrected chi connectivity index (χ1v) is 8.09. The molecule has 0 aliphatic heterocycles. The van der Waals surface area contributed by atoms with Gasteiger partial charge in [-0.05, 0) is 37.6 Å². The first-order chi connectivity index (χ1) is 8.13. The van der Waals surface area contributed by atoms with Crippen LogP contribution in [0, 0.1) is 0 Å². The SMILES string of the molecule is CC(C)S(=O)(=O)c1ccc(/C=C/S(=O)(=O)F)cc1. The van der Waals surface area contributed by atoms with Gasteiger partial charge in [0.25, 0.3) is 0 Å². The molecule has 4 nitrogen and oxygen atoms in total. The van der Waals surface area contributed by atoms with E-state index in [4.69, 9.17) is 0 Å². The third-order valence-corrected chi connectivity index (χ3v) is 4.88. The molecule has 0 heterocycles. The fourth-order valence-corrected chi connectivity index (χ4v) is 2.58. The molecule has 1 aromatic rings. The summed E-state index contributed by atoms with van der Waals surface area (Å²) in [5, 5.41) is -0.121. The smallest absolute Gasteiger partial charge is 0.223 e. The number of sulfone groups is 1. The van der Waals surface area contributed by atoms with Crippen LogP contribution in [0.4, 0.5) is 3.89 Å². The highest BCUT2D eigenvalue weighted by atomic mass is 32.3. The lowest BCUT2D eigenvalue weighted by Crippen LogP contribution is -2.13. The first-order valence-electron chi connectivity index (χ1n) is 5.09. The third kappa shape index (κ3) is 3.92. The van der Waals surface area contributed by atoms with E-state index < -0.39 is 25.3 Å². The minimum absolute atomic E-state index is 0.151. The maximum absolute atomic E-state index is 12.2. The van der Waals surface area contributed by atoms with E-state index in [0.29, 0.717) is 11.0 Å². The fraction of sp³-hybridized carbons (Fsp3) is 0.273. The highest BCUT2D eigenvalue weighted by Gasteiger charge is 2.18. The minimum Gasteiger partial charge on any atom is -0.223 e. The molecule has 0 bridgehead atoms. The Balaban J connectivity index is 3.05. The minimum atomic E-state index is -4.67. The van der Waals surface area contributed by atoms with Crippen molar-refractivity contribution in [3.05, 3.63) is 35.2 Å². The molecule has 1 rings (SSSR count). The largest absolute Gasteiger partial charge is 0.325 e. The molecule has 0 aliphatic rings. The van der Waals surface area contributed by atoms with Crippen molar-refractivity contribution in [1.82, 2.24) is 0 Å². The van der Waals surface area contributed by atoms with Crippen molar-refractivity contribution in [3.8, 4) is 0 Å². The lowest BCUT2D eigenvalue weighted by Gasteiger charge is -2.07. The summed E-state index contributed by atoms with van der Waals surface area (Å²) in [6.07, 6.45) is 1.06. The summed E-state index contributed by atoms with van der Waals surface area (Å²) in [6, 6.07) is 5.55. The molecule has 0 unspecified atom stereocenters. The summed E-state index contributed by atoms with van der Waals surface area (Å²) in [5.74, 6) is 0. The molecule has 1 aromatic carbocycles. The van der Waals surface area contributed by atoms with Gasteiger partial charge in [-0.1, -0.05) is 12.1 Å². The van der Waals surface area contributed by atoms with Crippen molar-refractivity contribution in [1.29, 1.82) is 0 Å². The standard InChI is InChI=1S/C11H13FO4S2/c1-9(2)18(15,16)11-5-3-10(4-6-11)7-8-17(12,13)14/h3-9H,1-2H3/b8-7+. The van der Waals surface area contributed by atoms with E-state index in [1.54, 1.807) is 13.8 Å². The van der Waals surface area contributed by atoms with Gasteiger partial charge in [0.15, 0.2) is 9.84 Å². The van der Waals surface area contributed by atoms with Gasteiger partial charge in [-0.2, -0.15) is 8.42 Å². The van der Waals surface area contributed by atoms with Crippen LogP contribution in [0.3, 0.4) is 0 Å². The summed E-state index contributed by atoms with van der Waals surface area (Å²) >= 11 is 0. The molecule has 0 saturated heterocycles. The predicted molar refractivity (Wildman–Crippen MR) is 67.8 cm³/mol. The van der Waals surface area contributed by atoms with Crippen LogP contribution in [0.2, 0.25) is 0 Å². The Morgan fingerprint density at radius 2 is 1.56 bits per heavy atom. The Hall–Kier alpha value is -1.21. The van der Waals surface area contributed by atoms with Gasteiger partial charge in [-0.25, -0.2) is 8.42 Å². The molecule has 7 heteroatoms. The zero-order valence-corrected chi connectivity index (χ0v) is 11.5. The van der Waals surface area contributed by atoms with Crippen LogP contribution in [0.5, 0.6) is 0 Å². The number of halogens is 1. The average Bonchev–Trinajstić information content (AvgIpc) is 2.26. The molecule has 0 saturated carbocycles. The predicted octanol–water partition coefficient (Wildman–Crippen LogP) is 2.14. The van der Waals surface area contributed by atoms with Gasteiger partial charge in [-0.15, -0.1) is 3.89 Å². The number of rotatable bonds is 4. The molecule has 0 spiro atoms. The van der Waals surface area contributed by atoms with Crippen molar-refractivity contribution in [2.45, 2.75) is 24.0 Å². The van der Waals surface area contributed by atoms with Crippen LogP contribution < -0.4 is 0 Å². The van der Waals surface area contributed by atoms with Crippen LogP contribution >= 0.6 is 0 Å². The summed E-state index contributed by atoms with van der Waals surface area (Å²) < 4.78 is 56.4. The molecule has 0 aliphatic carbocycles. The van der Waals surface area contributed by atoms with E-state index in [-0.39, 0.29) is 4.90 Å². The summed E-state index contributed by atoms with van der Waals surface area (Å²) in [5.41, 5.74) is 0.402. The highest BCUT2D eigenvalue weighted by Crippen LogP contribution is 2.17. The van der Waals surface area contributed by atoms with Gasteiger partial charge in [-0.3, -0.25) is 0 Å². The second kappa shape index (κ2) is 5.19. The topological polar surface area (TPSA) is 68.3 Å². The molecule has 100 valence electrons. The molecule has 0 N–H and O–H groups in total. The molecular formula is C11H13FO4S2. The van der Waals surface area contributed by atoms with Crippen LogP contribution in [0.15, 0.2) is 34.6 Å². The molecule has 0 amide bonds. The van der Waals surface area contributed by atoms with Crippen LogP contribution in [-0.2, 0) is 20.1 Å². The Bertz CT molecular complexity index is 641. The van der Waals surface area contributed by atoms with E-state index in [9.17, 15) is 20.7 Å². The Morgan fingerprint density at radius 1 is 1.06 bits per heavy atom. The zero-order valence-electron chi connectivity index (χ0n) is 9.87. The van der Waals surface area contributed by atoms with Gasteiger partial charge in [0.2, 0.25) is 0 Å². The van der Waals surface area contributed by atoms with Crippen LogP contribution in [-0.4, -0.2) is 22.1 Å². The van der Waals surface area contributed by atoms with Gasteiger partial charge in [0.05, 0.1) is 15.6 Å². The van der Waals surface area contributed by atoms with Crippen LogP contribution in [0.1, 0.15) is 19.4 Å². The van der Waals surface area contributed by atoms with Gasteiger partial charge in [0, 0.05) is 0 Å². The lowest BCUT2D eigenvalue weighted by molar-refractivity contribution is 0.563. The van der Waals surface area contributed by atoms with E-state index >= 15 is 0 Å². The first kappa shape index (κ1) is 14.8. The zero-order chi connectivity index (χ0) is 14.0. The summed E-state index contributed by atoms with van der Waals surface area (Å²) in [4.78, 5) is 0.151. The molecule has 18 heavy (non-hydrogen) atoms. The van der Waals surface area contributed by atoms with Crippen molar-refractivity contribution in [3.63, 3.8) is 0 Å². The summed E-state index contributed by atoms with van der Waals surface area (Å²) in [6.45, 7) is 3.14. The third-order valence-electron chi connectivity index (χ3n) is 2.25. The lowest BCUT2D eigenvalue weighted by atomic mass is 10.2. The number of hydrogen-bond acceptors (Lipinski definition) is 4. The molecule has 0 atom stereocenters. The maximum atomic E-state index is 12.2. The fourth-order valence-electron chi connectivity index (χ4n) is 1.20. The molecule has 0 aromatic heterocycles. The molecule has 0 fully saturated rings. The van der Waals surface area contributed by atoms with E-state index in [1.807, 2.05) is 0 Å². The Kier molecular flexibility index (Phi) is 4.28. The van der Waals surface area contributed by atoms with Gasteiger partial charge in [0.1, 0.15) is 0 Å². The Labute approximate surface area is 106 Å².